The molecule has 3 N–H and O–H groups in total. The van der Waals surface area contributed by atoms with Gasteiger partial charge in [-0.1, -0.05) is 0 Å². The maximum Gasteiger partial charge on any atom is 0.326 e. The van der Waals surface area contributed by atoms with Crippen LogP contribution in [-0.2, 0) is 14.3 Å². The molecule has 2 amide bonds. The number of amides is 2. The first-order valence-corrected chi connectivity index (χ1v) is 6.20. The Bertz CT molecular complexity index is 506. The Morgan fingerprint density at radius 1 is 1.29 bits per heavy atom. The van der Waals surface area contributed by atoms with Gasteiger partial charge in [-0.05, 0) is 24.6 Å². The van der Waals surface area contributed by atoms with E-state index in [1.807, 2.05) is 0 Å². The van der Waals surface area contributed by atoms with Crippen molar-refractivity contribution in [1.82, 2.24) is 15.6 Å². The molecule has 0 spiro atoms. The highest BCUT2D eigenvalue weighted by Crippen LogP contribution is 2.09. The summed E-state index contributed by atoms with van der Waals surface area (Å²) in [6.45, 7) is 1.74. The van der Waals surface area contributed by atoms with Gasteiger partial charge in [0.05, 0.1) is 19.6 Å². The predicted octanol–water partition coefficient (Wildman–Crippen LogP) is 0.458. The number of aromatic nitrogens is 1. The number of urea groups is 1. The third-order valence-corrected chi connectivity index (χ3v) is 2.76. The Morgan fingerprint density at radius 3 is 2.43 bits per heavy atom. The maximum atomic E-state index is 11.8. The molecule has 1 aromatic heterocycles. The molecule has 0 aliphatic carbocycles. The number of methoxy groups -OCH3 is 1. The van der Waals surface area contributed by atoms with E-state index in [2.05, 4.69) is 20.4 Å². The highest BCUT2D eigenvalue weighted by atomic mass is 16.5. The third kappa shape index (κ3) is 5.47. The second kappa shape index (κ2) is 7.83. The molecule has 0 aromatic carbocycles. The molecule has 8 heteroatoms. The average molecular weight is 295 g/mol. The van der Waals surface area contributed by atoms with Crippen molar-refractivity contribution in [2.24, 2.45) is 0 Å². The fourth-order valence-corrected chi connectivity index (χ4v) is 1.58. The van der Waals surface area contributed by atoms with E-state index in [0.29, 0.717) is 0 Å². The SMILES string of the molecule is COC(=O)C[C@H](NC(=O)NC(C)c1ccncc1)C(=O)O. The fourth-order valence-electron chi connectivity index (χ4n) is 1.58. The molecule has 0 aliphatic rings. The smallest absolute Gasteiger partial charge is 0.326 e. The fraction of sp³-hybridized carbons (Fsp3) is 0.385. The number of carboxylic acids is 1. The largest absolute Gasteiger partial charge is 0.480 e. The molecular weight excluding hydrogens is 278 g/mol. The number of carboxylic acid groups (broad SMARTS) is 1. The lowest BCUT2D eigenvalue weighted by molar-refractivity contribution is -0.147. The minimum absolute atomic E-state index is 0.333. The van der Waals surface area contributed by atoms with Gasteiger partial charge in [0.25, 0.3) is 0 Å². The first kappa shape index (κ1) is 16.4. The quantitative estimate of drug-likeness (QED) is 0.656. The predicted molar refractivity (Wildman–Crippen MR) is 72.4 cm³/mol. The summed E-state index contributed by atoms with van der Waals surface area (Å²) in [5, 5.41) is 13.8. The topological polar surface area (TPSA) is 118 Å². The van der Waals surface area contributed by atoms with Crippen molar-refractivity contribution < 1.29 is 24.2 Å². The van der Waals surface area contributed by atoms with Crippen molar-refractivity contribution in [3.63, 3.8) is 0 Å². The molecule has 1 unspecified atom stereocenters. The molecule has 2 atom stereocenters. The van der Waals surface area contributed by atoms with Crippen molar-refractivity contribution in [3.8, 4) is 0 Å². The van der Waals surface area contributed by atoms with Crippen LogP contribution in [0.3, 0.4) is 0 Å². The lowest BCUT2D eigenvalue weighted by atomic mass is 10.1. The van der Waals surface area contributed by atoms with Crippen LogP contribution in [0.4, 0.5) is 4.79 Å². The first-order chi connectivity index (χ1) is 9.93. The molecule has 21 heavy (non-hydrogen) atoms. The van der Waals surface area contributed by atoms with E-state index >= 15 is 0 Å². The zero-order valence-corrected chi connectivity index (χ0v) is 11.7. The van der Waals surface area contributed by atoms with Gasteiger partial charge in [0.1, 0.15) is 6.04 Å². The van der Waals surface area contributed by atoms with Crippen molar-refractivity contribution in [2.75, 3.05) is 7.11 Å². The van der Waals surface area contributed by atoms with E-state index in [1.165, 1.54) is 0 Å². The molecule has 0 bridgehead atoms. The normalized spacial score (nSPS) is 12.9. The summed E-state index contributed by atoms with van der Waals surface area (Å²) in [5.74, 6) is -2.03. The van der Waals surface area contributed by atoms with Crippen LogP contribution in [0.2, 0.25) is 0 Å². The molecular formula is C13H17N3O5. The number of hydrogen-bond donors (Lipinski definition) is 3. The van der Waals surface area contributed by atoms with E-state index in [-0.39, 0.29) is 6.04 Å². The summed E-state index contributed by atoms with van der Waals surface area (Å²) in [6, 6.07) is 1.10. The molecule has 0 saturated heterocycles. The summed E-state index contributed by atoms with van der Waals surface area (Å²) in [5.41, 5.74) is 0.819. The molecule has 0 radical (unpaired) electrons. The molecule has 0 fully saturated rings. The summed E-state index contributed by atoms with van der Waals surface area (Å²) >= 11 is 0. The average Bonchev–Trinajstić information content (AvgIpc) is 2.47. The maximum absolute atomic E-state index is 11.8. The van der Waals surface area contributed by atoms with Crippen LogP contribution < -0.4 is 10.6 Å². The minimum Gasteiger partial charge on any atom is -0.480 e. The van der Waals surface area contributed by atoms with Crippen molar-refractivity contribution in [1.29, 1.82) is 0 Å². The number of aliphatic carboxylic acids is 1. The standard InChI is InChI=1S/C13H17N3O5/c1-8(9-3-5-14-6-4-9)15-13(20)16-10(12(18)19)7-11(17)21-2/h3-6,8,10H,7H2,1-2H3,(H,18,19)(H2,15,16,20)/t8?,10-/m0/s1. The number of carbonyl (C=O) groups is 3. The van der Waals surface area contributed by atoms with Gasteiger partial charge in [-0.3, -0.25) is 9.78 Å². The van der Waals surface area contributed by atoms with Gasteiger partial charge in [0.15, 0.2) is 0 Å². The Kier molecular flexibility index (Phi) is 6.12. The molecule has 8 nitrogen and oxygen atoms in total. The highest BCUT2D eigenvalue weighted by molar-refractivity contribution is 5.86. The summed E-state index contributed by atoms with van der Waals surface area (Å²) in [6.07, 6.45) is 2.73. The van der Waals surface area contributed by atoms with E-state index < -0.39 is 30.4 Å². The zero-order chi connectivity index (χ0) is 15.8. The van der Waals surface area contributed by atoms with Gasteiger partial charge in [0.2, 0.25) is 0 Å². The van der Waals surface area contributed by atoms with Gasteiger partial charge in [-0.2, -0.15) is 0 Å². The molecule has 0 saturated carbocycles. The van der Waals surface area contributed by atoms with Crippen molar-refractivity contribution >= 4 is 18.0 Å². The number of rotatable bonds is 6. The Morgan fingerprint density at radius 2 is 1.90 bits per heavy atom. The van der Waals surface area contributed by atoms with Crippen LogP contribution in [0.5, 0.6) is 0 Å². The van der Waals surface area contributed by atoms with Gasteiger partial charge in [0, 0.05) is 12.4 Å². The molecule has 1 rings (SSSR count). The second-order valence-corrected chi connectivity index (χ2v) is 4.29. The van der Waals surface area contributed by atoms with Crippen molar-refractivity contribution in [2.45, 2.75) is 25.4 Å². The van der Waals surface area contributed by atoms with Crippen LogP contribution in [-0.4, -0.2) is 41.2 Å². The van der Waals surface area contributed by atoms with E-state index in [9.17, 15) is 14.4 Å². The highest BCUT2D eigenvalue weighted by Gasteiger charge is 2.24. The van der Waals surface area contributed by atoms with E-state index in [4.69, 9.17) is 5.11 Å². The van der Waals surface area contributed by atoms with E-state index in [0.717, 1.165) is 12.7 Å². The lowest BCUT2D eigenvalue weighted by Crippen LogP contribution is -2.47. The van der Waals surface area contributed by atoms with Gasteiger partial charge >= 0.3 is 18.0 Å². The zero-order valence-electron chi connectivity index (χ0n) is 11.7. The number of pyridine rings is 1. The molecule has 1 aromatic rings. The van der Waals surface area contributed by atoms with Gasteiger partial charge < -0.3 is 20.5 Å². The Labute approximate surface area is 121 Å². The number of carbonyl (C=O) groups excluding carboxylic acids is 2. The monoisotopic (exact) mass is 295 g/mol. The molecule has 1 heterocycles. The Balaban J connectivity index is 2.58. The van der Waals surface area contributed by atoms with Gasteiger partial charge in [-0.25, -0.2) is 9.59 Å². The van der Waals surface area contributed by atoms with Crippen molar-refractivity contribution in [3.05, 3.63) is 30.1 Å². The Hall–Kier alpha value is -2.64. The number of hydrogen-bond acceptors (Lipinski definition) is 5. The number of nitrogens with one attached hydrogen (secondary N) is 2. The van der Waals surface area contributed by atoms with Crippen LogP contribution in [0.1, 0.15) is 24.9 Å². The minimum atomic E-state index is -1.35. The number of ether oxygens (including phenoxy) is 1. The summed E-state index contributed by atoms with van der Waals surface area (Å²) < 4.78 is 4.38. The van der Waals surface area contributed by atoms with Crippen LogP contribution in [0.15, 0.2) is 24.5 Å². The van der Waals surface area contributed by atoms with Crippen LogP contribution in [0.25, 0.3) is 0 Å². The summed E-state index contributed by atoms with van der Waals surface area (Å²) in [7, 11) is 1.15. The first-order valence-electron chi connectivity index (χ1n) is 6.20. The lowest BCUT2D eigenvalue weighted by Gasteiger charge is -2.18. The van der Waals surface area contributed by atoms with Gasteiger partial charge in [-0.15, -0.1) is 0 Å². The number of esters is 1. The third-order valence-electron chi connectivity index (χ3n) is 2.76. The molecule has 0 aliphatic heterocycles. The van der Waals surface area contributed by atoms with Crippen LogP contribution >= 0.6 is 0 Å². The number of nitrogens with zero attached hydrogens (tertiary/aromatic N) is 1. The molecule has 114 valence electrons. The van der Waals surface area contributed by atoms with Crippen LogP contribution in [0, 0.1) is 0 Å². The second-order valence-electron chi connectivity index (χ2n) is 4.29. The summed E-state index contributed by atoms with van der Waals surface area (Å²) in [4.78, 5) is 37.7. The van der Waals surface area contributed by atoms with E-state index in [1.54, 1.807) is 31.5 Å².